The van der Waals surface area contributed by atoms with Crippen LogP contribution in [0.4, 0.5) is 5.82 Å². The predicted molar refractivity (Wildman–Crippen MR) is 163 cm³/mol. The molecule has 0 bridgehead atoms. The molecular formula is C31H41N4O6S+. The number of nitrogens with one attached hydrogen (secondary N) is 3. The van der Waals surface area contributed by atoms with Gasteiger partial charge < -0.3 is 15.2 Å². The van der Waals surface area contributed by atoms with E-state index >= 15 is 0 Å². The van der Waals surface area contributed by atoms with Crippen molar-refractivity contribution in [2.24, 2.45) is 10.5 Å². The van der Waals surface area contributed by atoms with E-state index in [-0.39, 0.29) is 27.5 Å². The number of aromatic amines is 1. The van der Waals surface area contributed by atoms with Crippen LogP contribution in [0.1, 0.15) is 74.0 Å². The number of benzene rings is 2. The van der Waals surface area contributed by atoms with E-state index in [9.17, 15) is 22.9 Å². The molecule has 3 aromatic rings. The molecule has 0 saturated heterocycles. The first-order chi connectivity index (χ1) is 19.9. The molecule has 0 aliphatic carbocycles. The Kier molecular flexibility index (Phi) is 11.5. The van der Waals surface area contributed by atoms with Crippen LogP contribution >= 0.6 is 0 Å². The van der Waals surface area contributed by atoms with E-state index in [1.54, 1.807) is 30.5 Å². The maximum atomic E-state index is 12.7. The molecule has 0 radical (unpaired) electrons. The molecule has 226 valence electrons. The van der Waals surface area contributed by atoms with Crippen molar-refractivity contribution in [2.75, 3.05) is 18.6 Å². The SMILES string of the molecule is CCc1cc(CC)c(OCCCCC(C)(C)CNC(=O)c2ccc(N/N=C/c3ccccc3S(=O)(=O)O)[nH+]c2)cc1O. The molecule has 0 aliphatic rings. The molecule has 1 aromatic heterocycles. The Hall–Kier alpha value is -3.96. The van der Waals surface area contributed by atoms with Crippen LogP contribution in [0.2, 0.25) is 0 Å². The van der Waals surface area contributed by atoms with E-state index in [4.69, 9.17) is 4.74 Å². The van der Waals surface area contributed by atoms with Gasteiger partial charge in [-0.1, -0.05) is 51.0 Å². The zero-order valence-electron chi connectivity index (χ0n) is 24.6. The molecule has 2 aromatic carbocycles. The zero-order chi connectivity index (χ0) is 30.8. The highest BCUT2D eigenvalue weighted by atomic mass is 32.2. The van der Waals surface area contributed by atoms with Gasteiger partial charge in [0.05, 0.1) is 18.4 Å². The first-order valence-corrected chi connectivity index (χ1v) is 15.5. The molecule has 0 aliphatic heterocycles. The van der Waals surface area contributed by atoms with Crippen molar-refractivity contribution >= 4 is 28.1 Å². The van der Waals surface area contributed by atoms with E-state index in [0.29, 0.717) is 24.5 Å². The first-order valence-electron chi connectivity index (χ1n) is 14.1. The summed E-state index contributed by atoms with van der Waals surface area (Å²) in [6, 6.07) is 13.0. The van der Waals surface area contributed by atoms with Crippen molar-refractivity contribution < 1.29 is 32.6 Å². The van der Waals surface area contributed by atoms with Gasteiger partial charge in [0.1, 0.15) is 22.6 Å². The fourth-order valence-electron chi connectivity index (χ4n) is 4.39. The lowest BCUT2D eigenvalue weighted by molar-refractivity contribution is -0.361. The zero-order valence-corrected chi connectivity index (χ0v) is 25.4. The molecule has 1 heterocycles. The normalized spacial score (nSPS) is 11.9. The van der Waals surface area contributed by atoms with Crippen molar-refractivity contribution in [3.63, 3.8) is 0 Å². The van der Waals surface area contributed by atoms with Crippen LogP contribution in [0, 0.1) is 5.41 Å². The van der Waals surface area contributed by atoms with Gasteiger partial charge >= 0.3 is 0 Å². The molecule has 5 N–H and O–H groups in total. The summed E-state index contributed by atoms with van der Waals surface area (Å²) < 4.78 is 38.3. The molecule has 42 heavy (non-hydrogen) atoms. The van der Waals surface area contributed by atoms with E-state index in [0.717, 1.165) is 49.0 Å². The number of nitrogens with zero attached hydrogens (tertiary/aromatic N) is 1. The molecule has 0 spiro atoms. The Balaban J connectivity index is 1.42. The Morgan fingerprint density at radius 2 is 1.81 bits per heavy atom. The summed E-state index contributed by atoms with van der Waals surface area (Å²) in [6.07, 6.45) is 7.17. The molecule has 10 nitrogen and oxygen atoms in total. The third-order valence-corrected chi connectivity index (χ3v) is 7.84. The Labute approximate surface area is 248 Å². The molecule has 0 fully saturated rings. The second kappa shape index (κ2) is 14.8. The van der Waals surface area contributed by atoms with Gasteiger partial charge in [-0.25, -0.2) is 4.98 Å². The number of rotatable bonds is 15. The fourth-order valence-corrected chi connectivity index (χ4v) is 5.05. The van der Waals surface area contributed by atoms with Crippen LogP contribution in [-0.2, 0) is 23.0 Å². The number of carbonyl (C=O) groups is 1. The number of hydrogen-bond acceptors (Lipinski definition) is 7. The Morgan fingerprint density at radius 3 is 2.48 bits per heavy atom. The van der Waals surface area contributed by atoms with Gasteiger partial charge in [-0.15, -0.1) is 5.43 Å². The number of aromatic hydroxyl groups is 1. The number of aryl methyl sites for hydroxylation is 2. The lowest BCUT2D eigenvalue weighted by Crippen LogP contribution is -2.34. The van der Waals surface area contributed by atoms with Crippen LogP contribution < -0.4 is 20.5 Å². The van der Waals surface area contributed by atoms with Gasteiger partial charge in [-0.2, -0.15) is 8.42 Å². The standard InChI is InChI=1S/C31H40N4O6S/c1-5-22-17-23(6-2)27(18-26(22)36)41-16-10-9-15-31(3,4)21-33-30(37)25-13-14-29(32-19-25)35-34-20-24-11-7-8-12-28(24)42(38,39)40/h7-8,11-14,17-20,36H,5-6,9-10,15-16,21H2,1-4H3,(H,32,35)(H,33,37)(H,38,39,40)/p+1/b34-20+. The van der Waals surface area contributed by atoms with E-state index in [1.807, 2.05) is 13.0 Å². The lowest BCUT2D eigenvalue weighted by atomic mass is 9.87. The summed E-state index contributed by atoms with van der Waals surface area (Å²) in [5.74, 6) is 1.30. The van der Waals surface area contributed by atoms with Gasteiger partial charge in [-0.3, -0.25) is 9.35 Å². The highest BCUT2D eigenvalue weighted by Gasteiger charge is 2.20. The number of pyridine rings is 1. The summed E-state index contributed by atoms with van der Waals surface area (Å²) in [4.78, 5) is 15.4. The highest BCUT2D eigenvalue weighted by Crippen LogP contribution is 2.30. The van der Waals surface area contributed by atoms with Crippen LogP contribution in [0.3, 0.4) is 0 Å². The van der Waals surface area contributed by atoms with Gasteiger partial charge in [0.2, 0.25) is 0 Å². The molecule has 11 heteroatoms. The average Bonchev–Trinajstić information content (AvgIpc) is 2.96. The molecular weight excluding hydrogens is 556 g/mol. The average molecular weight is 598 g/mol. The summed E-state index contributed by atoms with van der Waals surface area (Å²) in [5, 5.41) is 17.2. The van der Waals surface area contributed by atoms with E-state index in [1.165, 1.54) is 24.4 Å². The minimum Gasteiger partial charge on any atom is -0.508 e. The van der Waals surface area contributed by atoms with Gasteiger partial charge in [-0.05, 0) is 66.8 Å². The maximum absolute atomic E-state index is 12.7. The number of phenolic OH excluding ortho intramolecular Hbond substituents is 1. The number of H-pyrrole nitrogens is 1. The topological polar surface area (TPSA) is 151 Å². The van der Waals surface area contributed by atoms with Crippen LogP contribution in [-0.4, -0.2) is 43.4 Å². The monoisotopic (exact) mass is 597 g/mol. The number of anilines is 1. The molecule has 0 atom stereocenters. The predicted octanol–water partition coefficient (Wildman–Crippen LogP) is 5.03. The molecule has 3 rings (SSSR count). The summed E-state index contributed by atoms with van der Waals surface area (Å²) in [6.45, 7) is 9.40. The van der Waals surface area contributed by atoms with E-state index in [2.05, 4.69) is 41.6 Å². The van der Waals surface area contributed by atoms with Gasteiger partial charge in [0, 0.05) is 24.2 Å². The summed E-state index contributed by atoms with van der Waals surface area (Å²) >= 11 is 0. The summed E-state index contributed by atoms with van der Waals surface area (Å²) in [5.41, 5.74) is 5.34. The van der Waals surface area contributed by atoms with Crippen LogP contribution in [0.5, 0.6) is 11.5 Å². The maximum Gasteiger partial charge on any atom is 0.297 e. The second-order valence-electron chi connectivity index (χ2n) is 10.8. The minimum absolute atomic E-state index is 0.108. The third-order valence-electron chi connectivity index (χ3n) is 6.92. The number of unbranched alkanes of at least 4 members (excludes halogenated alkanes) is 1. The minimum atomic E-state index is -4.37. The first kappa shape index (κ1) is 32.6. The number of hydrazone groups is 1. The van der Waals surface area contributed by atoms with Gasteiger partial charge in [0.25, 0.3) is 21.8 Å². The van der Waals surface area contributed by atoms with Crippen molar-refractivity contribution in [3.05, 3.63) is 77.0 Å². The smallest absolute Gasteiger partial charge is 0.297 e. The number of carbonyl (C=O) groups excluding carboxylic acids is 1. The third kappa shape index (κ3) is 9.56. The second-order valence-corrected chi connectivity index (χ2v) is 12.2. The number of aromatic nitrogens is 1. The molecule has 1 amide bonds. The Bertz CT molecular complexity index is 1490. The number of phenols is 1. The van der Waals surface area contributed by atoms with Crippen molar-refractivity contribution in [1.29, 1.82) is 0 Å². The van der Waals surface area contributed by atoms with Gasteiger partial charge in [0.15, 0.2) is 0 Å². The van der Waals surface area contributed by atoms with Crippen molar-refractivity contribution in [2.45, 2.75) is 64.7 Å². The molecule has 0 unspecified atom stereocenters. The molecule has 0 saturated carbocycles. The van der Waals surface area contributed by atoms with Crippen LogP contribution in [0.25, 0.3) is 0 Å². The van der Waals surface area contributed by atoms with E-state index < -0.39 is 10.1 Å². The number of amides is 1. The summed E-state index contributed by atoms with van der Waals surface area (Å²) in [7, 11) is -4.37. The quantitative estimate of drug-likeness (QED) is 0.0830. The Morgan fingerprint density at radius 1 is 1.07 bits per heavy atom. The van der Waals surface area contributed by atoms with Crippen molar-refractivity contribution in [3.8, 4) is 11.5 Å². The number of ether oxygens (including phenoxy) is 1. The van der Waals surface area contributed by atoms with Crippen LogP contribution in [0.15, 0.2) is 64.7 Å². The largest absolute Gasteiger partial charge is 0.508 e. The highest BCUT2D eigenvalue weighted by molar-refractivity contribution is 7.86. The lowest BCUT2D eigenvalue weighted by Gasteiger charge is -2.25. The fraction of sp³-hybridized carbons (Fsp3) is 0.387. The number of hydrogen-bond donors (Lipinski definition) is 4. The van der Waals surface area contributed by atoms with Crippen molar-refractivity contribution in [1.82, 2.24) is 5.32 Å².